The van der Waals surface area contributed by atoms with E-state index in [2.05, 4.69) is 4.98 Å². The first-order valence-electron chi connectivity index (χ1n) is 9.30. The molecule has 0 bridgehead atoms. The van der Waals surface area contributed by atoms with Gasteiger partial charge in [-0.15, -0.1) is 0 Å². The third-order valence-electron chi connectivity index (χ3n) is 6.23. The number of fused-ring (bicyclic) bond motifs is 3. The Bertz CT molecular complexity index is 1140. The fourth-order valence-electron chi connectivity index (χ4n) is 4.88. The van der Waals surface area contributed by atoms with Crippen LogP contribution in [0.2, 0.25) is 0 Å². The van der Waals surface area contributed by atoms with Crippen LogP contribution in [-0.2, 0) is 12.5 Å². The number of halogens is 1. The highest BCUT2D eigenvalue weighted by Crippen LogP contribution is 2.51. The van der Waals surface area contributed by atoms with Crippen molar-refractivity contribution in [3.8, 4) is 0 Å². The number of H-pyrrole nitrogens is 1. The number of imidazole rings is 1. The predicted molar refractivity (Wildman–Crippen MR) is 102 cm³/mol. The van der Waals surface area contributed by atoms with E-state index in [9.17, 15) is 14.0 Å². The van der Waals surface area contributed by atoms with Gasteiger partial charge in [-0.3, -0.25) is 9.36 Å². The van der Waals surface area contributed by atoms with E-state index >= 15 is 0 Å². The molecule has 2 heterocycles. The second-order valence-corrected chi connectivity index (χ2v) is 7.73. The van der Waals surface area contributed by atoms with Gasteiger partial charge in [-0.1, -0.05) is 18.9 Å². The number of nitrogens with one attached hydrogen (secondary N) is 1. The second kappa shape index (κ2) is 5.55. The van der Waals surface area contributed by atoms with Gasteiger partial charge in [0.25, 0.3) is 5.91 Å². The highest BCUT2D eigenvalue weighted by Gasteiger charge is 2.48. The largest absolute Gasteiger partial charge is 0.326 e. The van der Waals surface area contributed by atoms with Crippen molar-refractivity contribution in [3.05, 3.63) is 63.8 Å². The van der Waals surface area contributed by atoms with Gasteiger partial charge in [-0.05, 0) is 43.2 Å². The first kappa shape index (κ1) is 16.3. The lowest BCUT2D eigenvalue weighted by molar-refractivity contribution is 0.0985. The molecule has 1 aliphatic carbocycles. The summed E-state index contributed by atoms with van der Waals surface area (Å²) in [4.78, 5) is 29.6. The number of carbonyl (C=O) groups is 1. The van der Waals surface area contributed by atoms with Gasteiger partial charge in [-0.2, -0.15) is 0 Å². The van der Waals surface area contributed by atoms with Crippen molar-refractivity contribution in [2.45, 2.75) is 31.1 Å². The van der Waals surface area contributed by atoms with Crippen LogP contribution in [0.15, 0.2) is 41.2 Å². The van der Waals surface area contributed by atoms with Crippen LogP contribution in [0, 0.1) is 5.82 Å². The summed E-state index contributed by atoms with van der Waals surface area (Å²) in [6.07, 6.45) is 3.95. The third kappa shape index (κ3) is 2.22. The monoisotopic (exact) mass is 365 g/mol. The van der Waals surface area contributed by atoms with Crippen LogP contribution in [0.1, 0.15) is 41.6 Å². The maximum Gasteiger partial charge on any atom is 0.326 e. The lowest BCUT2D eigenvalue weighted by Gasteiger charge is -2.25. The van der Waals surface area contributed by atoms with Gasteiger partial charge in [0.1, 0.15) is 5.82 Å². The number of carbonyl (C=O) groups excluding carboxylic acids is 1. The van der Waals surface area contributed by atoms with E-state index < -0.39 is 0 Å². The lowest BCUT2D eigenvalue weighted by atomic mass is 9.80. The van der Waals surface area contributed by atoms with Crippen molar-refractivity contribution in [2.24, 2.45) is 7.05 Å². The summed E-state index contributed by atoms with van der Waals surface area (Å²) in [6.45, 7) is 0.520. The van der Waals surface area contributed by atoms with E-state index in [-0.39, 0.29) is 22.8 Å². The normalized spacial score (nSPS) is 17.8. The van der Waals surface area contributed by atoms with E-state index in [1.165, 1.54) is 10.6 Å². The minimum Gasteiger partial charge on any atom is -0.307 e. The maximum absolute atomic E-state index is 14.7. The first-order valence-corrected chi connectivity index (χ1v) is 9.30. The highest BCUT2D eigenvalue weighted by atomic mass is 19.1. The number of aryl methyl sites for hydroxylation is 1. The molecule has 0 radical (unpaired) electrons. The Labute approximate surface area is 155 Å². The van der Waals surface area contributed by atoms with Crippen LogP contribution >= 0.6 is 0 Å². The molecule has 1 N–H and O–H groups in total. The molecule has 5 nitrogen and oxygen atoms in total. The maximum atomic E-state index is 14.7. The quantitative estimate of drug-likeness (QED) is 0.718. The predicted octanol–water partition coefficient (Wildman–Crippen LogP) is 3.48. The molecule has 27 heavy (non-hydrogen) atoms. The number of aromatic nitrogens is 2. The molecule has 1 fully saturated rings. The number of hydrogen-bond acceptors (Lipinski definition) is 2. The molecular formula is C21H20FN3O2. The molecule has 3 aromatic rings. The van der Waals surface area contributed by atoms with Gasteiger partial charge >= 0.3 is 5.69 Å². The van der Waals surface area contributed by atoms with Gasteiger partial charge in [0, 0.05) is 30.1 Å². The van der Waals surface area contributed by atoms with E-state index in [0.29, 0.717) is 34.4 Å². The number of nitrogens with zero attached hydrogens (tertiary/aromatic N) is 2. The SMILES string of the molecule is Cn1c(=O)[nH]c2ccc(C(=O)N3CC4(CCCC4)c4c(F)cccc43)cc21. The third-order valence-corrected chi connectivity index (χ3v) is 6.23. The summed E-state index contributed by atoms with van der Waals surface area (Å²) in [5.41, 5.74) is 2.78. The average Bonchev–Trinajstić information content (AvgIpc) is 3.34. The Morgan fingerprint density at radius 1 is 1.19 bits per heavy atom. The van der Waals surface area contributed by atoms with Crippen molar-refractivity contribution in [1.82, 2.24) is 9.55 Å². The minimum absolute atomic E-state index is 0.152. The van der Waals surface area contributed by atoms with Gasteiger partial charge in [-0.25, -0.2) is 9.18 Å². The number of aromatic amines is 1. The Morgan fingerprint density at radius 2 is 1.96 bits per heavy atom. The highest BCUT2D eigenvalue weighted by molar-refractivity contribution is 6.09. The first-order chi connectivity index (χ1) is 13.0. The molecule has 1 spiro atoms. The summed E-state index contributed by atoms with van der Waals surface area (Å²) < 4.78 is 16.2. The smallest absolute Gasteiger partial charge is 0.307 e. The summed E-state index contributed by atoms with van der Waals surface area (Å²) in [6, 6.07) is 10.2. The molecule has 2 aliphatic rings. The van der Waals surface area contributed by atoms with E-state index in [1.54, 1.807) is 36.2 Å². The Balaban J connectivity index is 1.61. The molecule has 138 valence electrons. The van der Waals surface area contributed by atoms with Crippen LogP contribution in [0.25, 0.3) is 11.0 Å². The zero-order valence-corrected chi connectivity index (χ0v) is 15.1. The van der Waals surface area contributed by atoms with Gasteiger partial charge < -0.3 is 9.88 Å². The van der Waals surface area contributed by atoms with E-state index in [1.807, 2.05) is 6.07 Å². The molecular weight excluding hydrogens is 345 g/mol. The lowest BCUT2D eigenvalue weighted by Crippen LogP contribution is -2.35. The van der Waals surface area contributed by atoms with Crippen LogP contribution < -0.4 is 10.6 Å². The average molecular weight is 365 g/mol. The molecule has 5 rings (SSSR count). The topological polar surface area (TPSA) is 58.1 Å². The van der Waals surface area contributed by atoms with Crippen molar-refractivity contribution in [2.75, 3.05) is 11.4 Å². The van der Waals surface area contributed by atoms with Crippen molar-refractivity contribution < 1.29 is 9.18 Å². The summed E-state index contributed by atoms with van der Waals surface area (Å²) >= 11 is 0. The Hall–Kier alpha value is -2.89. The Morgan fingerprint density at radius 3 is 2.74 bits per heavy atom. The van der Waals surface area contributed by atoms with Crippen molar-refractivity contribution >= 4 is 22.6 Å². The van der Waals surface area contributed by atoms with Crippen molar-refractivity contribution in [1.29, 1.82) is 0 Å². The molecule has 2 aromatic carbocycles. The van der Waals surface area contributed by atoms with Gasteiger partial charge in [0.05, 0.1) is 16.7 Å². The van der Waals surface area contributed by atoms with Crippen LogP contribution in [-0.4, -0.2) is 22.0 Å². The zero-order chi connectivity index (χ0) is 18.8. The minimum atomic E-state index is -0.263. The fraction of sp³-hybridized carbons (Fsp3) is 0.333. The van der Waals surface area contributed by atoms with Gasteiger partial charge in [0.2, 0.25) is 0 Å². The zero-order valence-electron chi connectivity index (χ0n) is 15.1. The van der Waals surface area contributed by atoms with Crippen LogP contribution in [0.4, 0.5) is 10.1 Å². The van der Waals surface area contributed by atoms with Crippen LogP contribution in [0.5, 0.6) is 0 Å². The molecule has 0 atom stereocenters. The number of anilines is 1. The van der Waals surface area contributed by atoms with Gasteiger partial charge in [0.15, 0.2) is 0 Å². The number of amides is 1. The number of rotatable bonds is 1. The fourth-order valence-corrected chi connectivity index (χ4v) is 4.88. The molecule has 0 unspecified atom stereocenters. The Kier molecular flexibility index (Phi) is 3.35. The standard InChI is InChI=1S/C21H20FN3O2/c1-24-17-11-13(7-8-15(17)23-20(24)27)19(26)25-12-21(9-2-3-10-21)18-14(22)5-4-6-16(18)25/h4-8,11H,2-3,9-10,12H2,1H3,(H,23,27). The number of hydrogen-bond donors (Lipinski definition) is 1. The van der Waals surface area contributed by atoms with Crippen LogP contribution in [0.3, 0.4) is 0 Å². The summed E-state index contributed by atoms with van der Waals surface area (Å²) in [5, 5.41) is 0. The summed E-state index contributed by atoms with van der Waals surface area (Å²) in [7, 11) is 1.67. The number of benzene rings is 2. The molecule has 0 saturated heterocycles. The molecule has 1 aliphatic heterocycles. The molecule has 6 heteroatoms. The molecule has 1 amide bonds. The molecule has 1 aromatic heterocycles. The second-order valence-electron chi connectivity index (χ2n) is 7.73. The van der Waals surface area contributed by atoms with Crippen molar-refractivity contribution in [3.63, 3.8) is 0 Å². The van der Waals surface area contributed by atoms with E-state index in [0.717, 1.165) is 25.7 Å². The summed E-state index contributed by atoms with van der Waals surface area (Å²) in [5.74, 6) is -0.366. The van der Waals surface area contributed by atoms with E-state index in [4.69, 9.17) is 0 Å². The molecule has 1 saturated carbocycles.